The molecule has 1 aromatic heterocycles. The number of hydrogen-bond acceptors (Lipinski definition) is 4. The van der Waals surface area contributed by atoms with Crippen LogP contribution in [0.2, 0.25) is 0 Å². The molecule has 0 saturated heterocycles. The number of benzene rings is 2. The van der Waals surface area contributed by atoms with E-state index in [0.29, 0.717) is 0 Å². The van der Waals surface area contributed by atoms with Crippen molar-refractivity contribution in [2.75, 3.05) is 0 Å². The van der Waals surface area contributed by atoms with Crippen LogP contribution in [0.3, 0.4) is 0 Å². The van der Waals surface area contributed by atoms with Gasteiger partial charge in [-0.05, 0) is 34.1 Å². The number of hydrogen-bond donors (Lipinski definition) is 2. The zero-order chi connectivity index (χ0) is 15.5. The molecule has 0 aliphatic carbocycles. The van der Waals surface area contributed by atoms with E-state index in [0.717, 1.165) is 19.4 Å². The topological polar surface area (TPSA) is 61.7 Å². The first-order chi connectivity index (χ1) is 10.7. The first-order valence-corrected chi connectivity index (χ1v) is 8.06. The van der Waals surface area contributed by atoms with Gasteiger partial charge in [0, 0.05) is 15.6 Å². The van der Waals surface area contributed by atoms with Crippen LogP contribution < -0.4 is 5.43 Å². The van der Waals surface area contributed by atoms with E-state index in [4.69, 9.17) is 0 Å². The van der Waals surface area contributed by atoms with Crippen LogP contribution in [0.15, 0.2) is 57.4 Å². The van der Waals surface area contributed by atoms with Gasteiger partial charge >= 0.3 is 0 Å². The molecule has 3 aromatic rings. The molecule has 0 aliphatic heterocycles. The van der Waals surface area contributed by atoms with Gasteiger partial charge in [0.05, 0.1) is 15.6 Å². The minimum absolute atomic E-state index is 0.0719. The Balaban J connectivity index is 1.81. The number of aromatic hydroxyl groups is 1. The lowest BCUT2D eigenvalue weighted by Gasteiger charge is -2.01. The summed E-state index contributed by atoms with van der Waals surface area (Å²) in [6.45, 7) is 0. The Hall–Kier alpha value is -2.18. The monoisotopic (exact) mass is 374 g/mol. The highest BCUT2D eigenvalue weighted by atomic mass is 79.9. The predicted molar refractivity (Wildman–Crippen MR) is 92.7 cm³/mol. The van der Waals surface area contributed by atoms with Crippen LogP contribution in [0, 0.1) is 0 Å². The minimum Gasteiger partial charge on any atom is -0.507 e. The number of nitrogens with one attached hydrogen (secondary N) is 1. The van der Waals surface area contributed by atoms with Gasteiger partial charge in [-0.2, -0.15) is 5.10 Å². The lowest BCUT2D eigenvalue weighted by Crippen LogP contribution is -2.17. The molecule has 2 aromatic carbocycles. The van der Waals surface area contributed by atoms with Gasteiger partial charge < -0.3 is 5.11 Å². The number of carbonyl (C=O) groups is 1. The second kappa shape index (κ2) is 6.29. The molecule has 110 valence electrons. The Morgan fingerprint density at radius 1 is 1.18 bits per heavy atom. The number of phenols is 1. The molecule has 0 saturated carbocycles. The zero-order valence-electron chi connectivity index (χ0n) is 11.3. The van der Waals surface area contributed by atoms with Gasteiger partial charge in [0.1, 0.15) is 5.75 Å². The highest BCUT2D eigenvalue weighted by Crippen LogP contribution is 2.34. The number of fused-ring (bicyclic) bond motifs is 1. The van der Waals surface area contributed by atoms with Crippen molar-refractivity contribution in [1.29, 1.82) is 0 Å². The summed E-state index contributed by atoms with van der Waals surface area (Å²) < 4.78 is 2.09. The van der Waals surface area contributed by atoms with Gasteiger partial charge in [-0.15, -0.1) is 11.3 Å². The Bertz CT molecular complexity index is 873. The van der Waals surface area contributed by atoms with Crippen LogP contribution in [-0.4, -0.2) is 17.2 Å². The average Bonchev–Trinajstić information content (AvgIpc) is 2.83. The van der Waals surface area contributed by atoms with Gasteiger partial charge in [0.15, 0.2) is 0 Å². The molecule has 6 heteroatoms. The highest BCUT2D eigenvalue weighted by molar-refractivity contribution is 9.11. The summed E-state index contributed by atoms with van der Waals surface area (Å²) >= 11 is 5.12. The fourth-order valence-corrected chi connectivity index (χ4v) is 3.78. The maximum Gasteiger partial charge on any atom is 0.275 e. The molecule has 0 radical (unpaired) electrons. The van der Waals surface area contributed by atoms with Gasteiger partial charge in [0.2, 0.25) is 0 Å². The summed E-state index contributed by atoms with van der Waals surface area (Å²) in [6.07, 6.45) is 1.60. The quantitative estimate of drug-likeness (QED) is 0.534. The third-order valence-corrected chi connectivity index (χ3v) is 4.98. The largest absolute Gasteiger partial charge is 0.507 e. The van der Waals surface area contributed by atoms with Crippen molar-refractivity contribution >= 4 is 49.5 Å². The summed E-state index contributed by atoms with van der Waals surface area (Å²) in [7, 11) is 0. The van der Waals surface area contributed by atoms with E-state index in [1.165, 1.54) is 12.1 Å². The van der Waals surface area contributed by atoms with E-state index >= 15 is 0 Å². The van der Waals surface area contributed by atoms with Crippen molar-refractivity contribution in [2.24, 2.45) is 5.10 Å². The van der Waals surface area contributed by atoms with Gasteiger partial charge in [-0.1, -0.05) is 30.3 Å². The van der Waals surface area contributed by atoms with Crippen LogP contribution in [0.25, 0.3) is 10.1 Å². The molecule has 0 fully saturated rings. The van der Waals surface area contributed by atoms with Crippen LogP contribution in [0.4, 0.5) is 0 Å². The molecule has 4 nitrogen and oxygen atoms in total. The van der Waals surface area contributed by atoms with Crippen LogP contribution in [-0.2, 0) is 0 Å². The fraction of sp³-hybridized carbons (Fsp3) is 0. The lowest BCUT2D eigenvalue weighted by atomic mass is 10.2. The number of carbonyl (C=O) groups excluding carboxylic acids is 1. The molecule has 0 atom stereocenters. The number of halogens is 1. The maximum absolute atomic E-state index is 11.9. The second-order valence-corrected chi connectivity index (χ2v) is 6.87. The molecule has 0 bridgehead atoms. The standard InChI is InChI=1S/C16H11BrN2O2S/c17-15-12(10-5-2-4-8-14(10)22-15)9-18-19-16(21)11-6-1-3-7-13(11)20/h1-9,20H,(H,19,21)/b18-9-. The van der Waals surface area contributed by atoms with E-state index in [2.05, 4.69) is 26.5 Å². The van der Waals surface area contributed by atoms with Crippen molar-refractivity contribution < 1.29 is 9.90 Å². The summed E-state index contributed by atoms with van der Waals surface area (Å²) in [6, 6.07) is 14.3. The van der Waals surface area contributed by atoms with Crippen LogP contribution in [0.1, 0.15) is 15.9 Å². The second-order valence-electron chi connectivity index (χ2n) is 4.50. The summed E-state index contributed by atoms with van der Waals surface area (Å²) in [5.41, 5.74) is 3.53. The minimum atomic E-state index is -0.454. The van der Waals surface area contributed by atoms with Crippen molar-refractivity contribution in [3.63, 3.8) is 0 Å². The molecule has 3 rings (SSSR count). The Kier molecular flexibility index (Phi) is 4.22. The van der Waals surface area contributed by atoms with Crippen molar-refractivity contribution in [3.8, 4) is 5.75 Å². The molecule has 2 N–H and O–H groups in total. The Morgan fingerprint density at radius 3 is 2.73 bits per heavy atom. The average molecular weight is 375 g/mol. The molecule has 1 heterocycles. The van der Waals surface area contributed by atoms with E-state index in [9.17, 15) is 9.90 Å². The van der Waals surface area contributed by atoms with Gasteiger partial charge in [-0.3, -0.25) is 4.79 Å². The van der Waals surface area contributed by atoms with E-state index in [1.54, 1.807) is 29.7 Å². The number of para-hydroxylation sites is 1. The SMILES string of the molecule is O=C(N/N=C\c1c(Br)sc2ccccc12)c1ccccc1O. The number of amides is 1. The van der Waals surface area contributed by atoms with Crippen molar-refractivity contribution in [3.05, 3.63) is 63.4 Å². The molecule has 22 heavy (non-hydrogen) atoms. The predicted octanol–water partition coefficient (Wildman–Crippen LogP) is 4.13. The molecular weight excluding hydrogens is 364 g/mol. The van der Waals surface area contributed by atoms with Crippen molar-refractivity contribution in [1.82, 2.24) is 5.43 Å². The zero-order valence-corrected chi connectivity index (χ0v) is 13.7. The number of thiophene rings is 1. The fourth-order valence-electron chi connectivity index (χ4n) is 2.04. The Labute approximate surface area is 139 Å². The van der Waals surface area contributed by atoms with E-state index in [-0.39, 0.29) is 11.3 Å². The summed E-state index contributed by atoms with van der Waals surface area (Å²) in [4.78, 5) is 11.9. The van der Waals surface area contributed by atoms with Crippen LogP contribution in [0.5, 0.6) is 5.75 Å². The molecule has 0 unspecified atom stereocenters. The first-order valence-electron chi connectivity index (χ1n) is 6.45. The number of nitrogens with zero attached hydrogens (tertiary/aromatic N) is 1. The Morgan fingerprint density at radius 2 is 1.91 bits per heavy atom. The van der Waals surface area contributed by atoms with Crippen molar-refractivity contribution in [2.45, 2.75) is 0 Å². The van der Waals surface area contributed by atoms with Gasteiger partial charge in [-0.25, -0.2) is 5.43 Å². The molecule has 0 spiro atoms. The van der Waals surface area contributed by atoms with Gasteiger partial charge in [0.25, 0.3) is 5.91 Å². The van der Waals surface area contributed by atoms with E-state index in [1.807, 2.05) is 24.3 Å². The number of phenolic OH excluding ortho intramolecular Hbond substituents is 1. The third-order valence-electron chi connectivity index (χ3n) is 3.10. The molecular formula is C16H11BrN2O2S. The van der Waals surface area contributed by atoms with E-state index < -0.39 is 5.91 Å². The number of hydrazone groups is 1. The molecule has 1 amide bonds. The first kappa shape index (κ1) is 14.7. The summed E-state index contributed by atoms with van der Waals surface area (Å²) in [5.74, 6) is -0.526. The third kappa shape index (κ3) is 2.88. The highest BCUT2D eigenvalue weighted by Gasteiger charge is 2.10. The van der Waals surface area contributed by atoms with Crippen LogP contribution >= 0.6 is 27.3 Å². The maximum atomic E-state index is 11.9. The normalized spacial score (nSPS) is 11.1. The molecule has 0 aliphatic rings. The smallest absolute Gasteiger partial charge is 0.275 e. The summed E-state index contributed by atoms with van der Waals surface area (Å²) in [5, 5.41) is 14.7. The lowest BCUT2D eigenvalue weighted by molar-refractivity contribution is 0.0952. The number of rotatable bonds is 3.